The second kappa shape index (κ2) is 5.45. The van der Waals surface area contributed by atoms with Crippen LogP contribution in [-0.2, 0) is 19.4 Å². The van der Waals surface area contributed by atoms with Gasteiger partial charge in [-0.1, -0.05) is 6.92 Å². The summed E-state index contributed by atoms with van der Waals surface area (Å²) in [4.78, 5) is 2.85. The van der Waals surface area contributed by atoms with E-state index in [1.54, 1.807) is 0 Å². The lowest BCUT2D eigenvalue weighted by Crippen LogP contribution is -2.30. The molecule has 0 aromatic carbocycles. The summed E-state index contributed by atoms with van der Waals surface area (Å²) in [7, 11) is 0. The average Bonchev–Trinajstić information content (AvgIpc) is 3.07. The van der Waals surface area contributed by atoms with Crippen LogP contribution in [-0.4, -0.2) is 9.78 Å². The molecule has 1 aliphatic carbocycles. The van der Waals surface area contributed by atoms with Gasteiger partial charge in [-0.05, 0) is 43.4 Å². The summed E-state index contributed by atoms with van der Waals surface area (Å²) >= 11 is 1.90. The Hall–Kier alpha value is -1.17. The summed E-state index contributed by atoms with van der Waals surface area (Å²) in [6.07, 6.45) is 6.68. The fourth-order valence-electron chi connectivity index (χ4n) is 2.79. The molecule has 2 aromatic heterocycles. The number of nitrogens with two attached hydrogens (primary N) is 1. The molecule has 0 radical (unpaired) electrons. The van der Waals surface area contributed by atoms with Gasteiger partial charge in [0.25, 0.3) is 0 Å². The molecule has 4 nitrogen and oxygen atoms in total. The van der Waals surface area contributed by atoms with Gasteiger partial charge < -0.3 is 0 Å². The fraction of sp³-hybridized carbons (Fsp3) is 0.500. The summed E-state index contributed by atoms with van der Waals surface area (Å²) in [5.74, 6) is 5.80. The van der Waals surface area contributed by atoms with E-state index in [1.807, 2.05) is 17.5 Å². The highest BCUT2D eigenvalue weighted by Crippen LogP contribution is 2.35. The van der Waals surface area contributed by atoms with E-state index in [0.717, 1.165) is 18.7 Å². The van der Waals surface area contributed by atoms with Crippen molar-refractivity contribution in [3.05, 3.63) is 39.3 Å². The van der Waals surface area contributed by atoms with Crippen molar-refractivity contribution in [2.75, 3.05) is 0 Å². The molecule has 0 bridgehead atoms. The van der Waals surface area contributed by atoms with Crippen LogP contribution in [0, 0.1) is 0 Å². The van der Waals surface area contributed by atoms with Crippen LogP contribution in [0.5, 0.6) is 0 Å². The minimum absolute atomic E-state index is 0.0599. The monoisotopic (exact) mass is 276 g/mol. The predicted octanol–water partition coefficient (Wildman–Crippen LogP) is 2.40. The van der Waals surface area contributed by atoms with E-state index in [2.05, 4.69) is 34.3 Å². The Morgan fingerprint density at radius 1 is 1.53 bits per heavy atom. The first-order valence-corrected chi connectivity index (χ1v) is 7.74. The highest BCUT2D eigenvalue weighted by Gasteiger charge is 2.22. The molecule has 5 heteroatoms. The molecular formula is C14H20N4S. The van der Waals surface area contributed by atoms with Crippen molar-refractivity contribution in [1.82, 2.24) is 15.2 Å². The number of fused-ring (bicyclic) bond motifs is 1. The Morgan fingerprint density at radius 3 is 3.16 bits per heavy atom. The topological polar surface area (TPSA) is 55.9 Å². The molecule has 0 spiro atoms. The van der Waals surface area contributed by atoms with Crippen molar-refractivity contribution in [2.45, 2.75) is 45.2 Å². The lowest BCUT2D eigenvalue weighted by atomic mass is 10.1. The molecule has 0 fully saturated rings. The van der Waals surface area contributed by atoms with Crippen molar-refractivity contribution in [1.29, 1.82) is 0 Å². The third-order valence-corrected chi connectivity index (χ3v) is 5.00. The van der Waals surface area contributed by atoms with E-state index in [0.29, 0.717) is 0 Å². The van der Waals surface area contributed by atoms with E-state index in [1.165, 1.54) is 34.6 Å². The lowest BCUT2D eigenvalue weighted by Gasteiger charge is -2.16. The molecule has 102 valence electrons. The SMILES string of the molecule is CCCn1nccc1C(NN)c1cc2c(s1)CCC2. The van der Waals surface area contributed by atoms with Gasteiger partial charge in [0.2, 0.25) is 0 Å². The van der Waals surface area contributed by atoms with E-state index in [9.17, 15) is 0 Å². The third kappa shape index (κ3) is 2.33. The van der Waals surface area contributed by atoms with Gasteiger partial charge in [-0.2, -0.15) is 5.10 Å². The molecule has 2 aromatic rings. The first-order valence-electron chi connectivity index (χ1n) is 6.92. The Labute approximate surface area is 117 Å². The van der Waals surface area contributed by atoms with Crippen LogP contribution in [0.4, 0.5) is 0 Å². The van der Waals surface area contributed by atoms with Crippen molar-refractivity contribution in [3.8, 4) is 0 Å². The van der Waals surface area contributed by atoms with Crippen LogP contribution < -0.4 is 11.3 Å². The molecule has 0 saturated heterocycles. The minimum Gasteiger partial charge on any atom is -0.270 e. The molecular weight excluding hydrogens is 256 g/mol. The van der Waals surface area contributed by atoms with Crippen molar-refractivity contribution >= 4 is 11.3 Å². The standard InChI is InChI=1S/C14H20N4S/c1-2-8-18-11(6-7-16-18)14(17-15)13-9-10-4-3-5-12(10)19-13/h6-7,9,14,17H,2-5,8,15H2,1H3. The lowest BCUT2D eigenvalue weighted by molar-refractivity contribution is 0.524. The zero-order valence-electron chi connectivity index (χ0n) is 11.2. The number of hydrogen-bond acceptors (Lipinski definition) is 4. The highest BCUT2D eigenvalue weighted by atomic mass is 32.1. The number of hydrogen-bond donors (Lipinski definition) is 2. The molecule has 2 heterocycles. The molecule has 1 atom stereocenters. The van der Waals surface area contributed by atoms with Gasteiger partial charge in [-0.15, -0.1) is 11.3 Å². The Kier molecular flexibility index (Phi) is 3.68. The van der Waals surface area contributed by atoms with Crippen LogP contribution in [0.1, 0.15) is 46.8 Å². The fourth-order valence-corrected chi connectivity index (χ4v) is 4.13. The van der Waals surface area contributed by atoms with Crippen LogP contribution in [0.25, 0.3) is 0 Å². The number of rotatable bonds is 5. The van der Waals surface area contributed by atoms with Gasteiger partial charge >= 0.3 is 0 Å². The van der Waals surface area contributed by atoms with Gasteiger partial charge in [0.1, 0.15) is 0 Å². The number of hydrazine groups is 1. The van der Waals surface area contributed by atoms with Gasteiger partial charge in [-0.3, -0.25) is 10.5 Å². The highest BCUT2D eigenvalue weighted by molar-refractivity contribution is 7.12. The molecule has 0 aliphatic heterocycles. The van der Waals surface area contributed by atoms with Gasteiger partial charge in [0.15, 0.2) is 0 Å². The Morgan fingerprint density at radius 2 is 2.42 bits per heavy atom. The molecule has 3 rings (SSSR count). The summed E-state index contributed by atoms with van der Waals surface area (Å²) in [5.41, 5.74) is 5.63. The van der Waals surface area contributed by atoms with Crippen molar-refractivity contribution in [3.63, 3.8) is 0 Å². The summed E-state index contributed by atoms with van der Waals surface area (Å²) in [6, 6.07) is 4.44. The van der Waals surface area contributed by atoms with Crippen LogP contribution in [0.2, 0.25) is 0 Å². The third-order valence-electron chi connectivity index (χ3n) is 3.70. The van der Waals surface area contributed by atoms with Gasteiger partial charge in [0, 0.05) is 22.5 Å². The van der Waals surface area contributed by atoms with Crippen LogP contribution >= 0.6 is 11.3 Å². The van der Waals surface area contributed by atoms with E-state index >= 15 is 0 Å². The average molecular weight is 276 g/mol. The Bertz CT molecular complexity index is 536. The van der Waals surface area contributed by atoms with Crippen molar-refractivity contribution in [2.24, 2.45) is 5.84 Å². The van der Waals surface area contributed by atoms with Crippen LogP contribution in [0.15, 0.2) is 18.3 Å². The number of aromatic nitrogens is 2. The summed E-state index contributed by atoms with van der Waals surface area (Å²) < 4.78 is 2.05. The number of nitrogens with zero attached hydrogens (tertiary/aromatic N) is 2. The second-order valence-corrected chi connectivity index (χ2v) is 6.20. The maximum Gasteiger partial charge on any atom is 0.0970 e. The molecule has 19 heavy (non-hydrogen) atoms. The zero-order chi connectivity index (χ0) is 13.2. The molecule has 3 N–H and O–H groups in total. The summed E-state index contributed by atoms with van der Waals surface area (Å²) in [6.45, 7) is 3.10. The Balaban J connectivity index is 1.92. The molecule has 0 saturated carbocycles. The number of thiophene rings is 1. The predicted molar refractivity (Wildman–Crippen MR) is 78.0 cm³/mol. The normalized spacial score (nSPS) is 15.7. The first-order chi connectivity index (χ1) is 9.33. The van der Waals surface area contributed by atoms with Crippen LogP contribution in [0.3, 0.4) is 0 Å². The number of aryl methyl sites for hydroxylation is 3. The largest absolute Gasteiger partial charge is 0.270 e. The number of nitrogens with one attached hydrogen (secondary N) is 1. The first kappa shape index (κ1) is 12.8. The van der Waals surface area contributed by atoms with E-state index in [4.69, 9.17) is 5.84 Å². The zero-order valence-corrected chi connectivity index (χ0v) is 12.0. The maximum absolute atomic E-state index is 5.80. The van der Waals surface area contributed by atoms with Gasteiger partial charge in [0.05, 0.1) is 11.7 Å². The van der Waals surface area contributed by atoms with Crippen molar-refractivity contribution < 1.29 is 0 Å². The smallest absolute Gasteiger partial charge is 0.0970 e. The maximum atomic E-state index is 5.80. The quantitative estimate of drug-likeness (QED) is 0.651. The summed E-state index contributed by atoms with van der Waals surface area (Å²) in [5, 5.41) is 4.39. The van der Waals surface area contributed by atoms with E-state index in [-0.39, 0.29) is 6.04 Å². The van der Waals surface area contributed by atoms with E-state index < -0.39 is 0 Å². The minimum atomic E-state index is 0.0599. The molecule has 0 amide bonds. The molecule has 1 aliphatic rings. The second-order valence-electron chi connectivity index (χ2n) is 5.03. The molecule has 1 unspecified atom stereocenters. The van der Waals surface area contributed by atoms with Gasteiger partial charge in [-0.25, -0.2) is 5.43 Å².